The predicted octanol–water partition coefficient (Wildman–Crippen LogP) is 3.87. The standard InChI is InChI=1S/C14H26N2O2.C13H26N2O/c1-12(17)15-8-10-16(11-9-15)13(18)6-5-7-14(2,3)4;1-13(2,3)7-5-6-12(16)15-10-8-14(4)9-11-15/h5-11H2,1-4H3;5-11H2,1-4H3. The Kier molecular flexibility index (Phi) is 12.6. The Morgan fingerprint density at radius 2 is 0.912 bits per heavy atom. The molecule has 0 aromatic carbocycles. The van der Waals surface area contributed by atoms with Crippen molar-refractivity contribution in [2.24, 2.45) is 10.8 Å². The van der Waals surface area contributed by atoms with Crippen molar-refractivity contribution in [1.82, 2.24) is 19.6 Å². The van der Waals surface area contributed by atoms with E-state index in [4.69, 9.17) is 0 Å². The molecule has 0 spiro atoms. The van der Waals surface area contributed by atoms with Gasteiger partial charge in [0.25, 0.3) is 0 Å². The molecule has 0 radical (unpaired) electrons. The van der Waals surface area contributed by atoms with E-state index in [2.05, 4.69) is 53.5 Å². The van der Waals surface area contributed by atoms with E-state index in [0.29, 0.717) is 49.3 Å². The third-order valence-corrected chi connectivity index (χ3v) is 6.57. The highest BCUT2D eigenvalue weighted by Gasteiger charge is 2.22. The quantitative estimate of drug-likeness (QED) is 0.579. The molecule has 7 nitrogen and oxygen atoms in total. The number of carbonyl (C=O) groups excluding carboxylic acids is 3. The van der Waals surface area contributed by atoms with Crippen LogP contribution in [0.3, 0.4) is 0 Å². The van der Waals surface area contributed by atoms with Crippen LogP contribution < -0.4 is 0 Å². The summed E-state index contributed by atoms with van der Waals surface area (Å²) >= 11 is 0. The highest BCUT2D eigenvalue weighted by Crippen LogP contribution is 2.22. The van der Waals surface area contributed by atoms with Crippen LogP contribution in [0.2, 0.25) is 0 Å². The maximum Gasteiger partial charge on any atom is 0.222 e. The second kappa shape index (κ2) is 14.1. The van der Waals surface area contributed by atoms with Crippen molar-refractivity contribution in [3.8, 4) is 0 Å². The van der Waals surface area contributed by atoms with E-state index in [9.17, 15) is 14.4 Å². The molecule has 2 heterocycles. The van der Waals surface area contributed by atoms with Crippen LogP contribution >= 0.6 is 0 Å². The number of piperazine rings is 2. The Labute approximate surface area is 209 Å². The van der Waals surface area contributed by atoms with E-state index in [1.54, 1.807) is 11.8 Å². The largest absolute Gasteiger partial charge is 0.340 e. The van der Waals surface area contributed by atoms with Gasteiger partial charge in [0.05, 0.1) is 0 Å². The van der Waals surface area contributed by atoms with Gasteiger partial charge in [-0.2, -0.15) is 0 Å². The first kappa shape index (κ1) is 30.4. The SMILES string of the molecule is CC(=O)N1CCN(C(=O)CCCC(C)(C)C)CC1.CN1CCN(C(=O)CCCC(C)(C)C)CC1. The molecule has 0 unspecified atom stereocenters. The Bertz CT molecular complexity index is 635. The zero-order valence-electron chi connectivity index (χ0n) is 23.4. The molecular formula is C27H52N4O3. The van der Waals surface area contributed by atoms with Crippen LogP contribution in [0.25, 0.3) is 0 Å². The highest BCUT2D eigenvalue weighted by molar-refractivity contribution is 5.77. The van der Waals surface area contributed by atoms with Gasteiger partial charge in [-0.15, -0.1) is 0 Å². The Morgan fingerprint density at radius 1 is 0.588 bits per heavy atom. The molecule has 2 aliphatic rings. The molecule has 0 N–H and O–H groups in total. The number of hydrogen-bond acceptors (Lipinski definition) is 4. The van der Waals surface area contributed by atoms with Gasteiger partial charge in [0, 0.05) is 72.1 Å². The van der Waals surface area contributed by atoms with E-state index in [-0.39, 0.29) is 11.8 Å². The summed E-state index contributed by atoms with van der Waals surface area (Å²) in [6.45, 7) is 21.5. The van der Waals surface area contributed by atoms with Gasteiger partial charge in [-0.3, -0.25) is 14.4 Å². The minimum atomic E-state index is 0.106. The summed E-state index contributed by atoms with van der Waals surface area (Å²) < 4.78 is 0. The summed E-state index contributed by atoms with van der Waals surface area (Å²) in [7, 11) is 2.11. The molecular weight excluding hydrogens is 428 g/mol. The van der Waals surface area contributed by atoms with E-state index in [1.165, 1.54) is 0 Å². The first-order chi connectivity index (χ1) is 15.7. The van der Waals surface area contributed by atoms with Crippen molar-refractivity contribution >= 4 is 17.7 Å². The van der Waals surface area contributed by atoms with Gasteiger partial charge in [-0.05, 0) is 43.6 Å². The molecule has 0 aromatic rings. The maximum atomic E-state index is 12.0. The van der Waals surface area contributed by atoms with Gasteiger partial charge in [0.2, 0.25) is 17.7 Å². The summed E-state index contributed by atoms with van der Waals surface area (Å²) in [6, 6.07) is 0. The van der Waals surface area contributed by atoms with Crippen LogP contribution in [0.4, 0.5) is 0 Å². The number of nitrogens with zero attached hydrogens (tertiary/aromatic N) is 4. The van der Waals surface area contributed by atoms with Gasteiger partial charge in [-0.1, -0.05) is 41.5 Å². The van der Waals surface area contributed by atoms with Gasteiger partial charge < -0.3 is 19.6 Å². The molecule has 2 rings (SSSR count). The summed E-state index contributed by atoms with van der Waals surface area (Å²) in [5.74, 6) is 0.689. The van der Waals surface area contributed by atoms with Gasteiger partial charge in [-0.25, -0.2) is 0 Å². The second-order valence-corrected chi connectivity index (χ2v) is 12.4. The van der Waals surface area contributed by atoms with Crippen molar-refractivity contribution < 1.29 is 14.4 Å². The zero-order chi connectivity index (χ0) is 25.9. The molecule has 7 heteroatoms. The zero-order valence-corrected chi connectivity index (χ0v) is 23.4. The lowest BCUT2D eigenvalue weighted by atomic mass is 9.90. The van der Waals surface area contributed by atoms with Crippen LogP contribution in [-0.4, -0.2) is 96.7 Å². The molecule has 3 amide bonds. The predicted molar refractivity (Wildman–Crippen MR) is 140 cm³/mol. The molecule has 2 aliphatic heterocycles. The van der Waals surface area contributed by atoms with Crippen LogP contribution in [0, 0.1) is 10.8 Å². The summed E-state index contributed by atoms with van der Waals surface area (Å²) in [6.07, 6.45) is 5.54. The average Bonchev–Trinajstić information content (AvgIpc) is 2.73. The molecule has 2 saturated heterocycles. The Balaban J connectivity index is 0.000000342. The average molecular weight is 481 g/mol. The second-order valence-electron chi connectivity index (χ2n) is 12.4. The Hall–Kier alpha value is -1.63. The molecule has 0 aromatic heterocycles. The topological polar surface area (TPSA) is 64.2 Å². The smallest absolute Gasteiger partial charge is 0.222 e. The third-order valence-electron chi connectivity index (χ3n) is 6.57. The highest BCUT2D eigenvalue weighted by atomic mass is 16.2. The van der Waals surface area contributed by atoms with E-state index < -0.39 is 0 Å². The van der Waals surface area contributed by atoms with Crippen LogP contribution in [0.15, 0.2) is 0 Å². The number of hydrogen-bond donors (Lipinski definition) is 0. The fourth-order valence-corrected chi connectivity index (χ4v) is 4.18. The number of likely N-dealkylation sites (N-methyl/N-ethyl adjacent to an activating group) is 1. The number of amides is 3. The monoisotopic (exact) mass is 480 g/mol. The Morgan fingerprint density at radius 3 is 1.24 bits per heavy atom. The van der Waals surface area contributed by atoms with Crippen molar-refractivity contribution in [1.29, 1.82) is 0 Å². The van der Waals surface area contributed by atoms with Crippen LogP contribution in [0.1, 0.15) is 87.0 Å². The minimum absolute atomic E-state index is 0.106. The maximum absolute atomic E-state index is 12.0. The van der Waals surface area contributed by atoms with E-state index in [1.807, 2.05) is 9.80 Å². The minimum Gasteiger partial charge on any atom is -0.340 e. The van der Waals surface area contributed by atoms with Crippen molar-refractivity contribution in [2.75, 3.05) is 59.4 Å². The molecule has 0 saturated carbocycles. The lowest BCUT2D eigenvalue weighted by Gasteiger charge is -2.34. The normalized spacial score (nSPS) is 17.8. The summed E-state index contributed by atoms with van der Waals surface area (Å²) in [5.41, 5.74) is 0.649. The van der Waals surface area contributed by atoms with Crippen LogP contribution in [-0.2, 0) is 14.4 Å². The lowest BCUT2D eigenvalue weighted by molar-refractivity contribution is -0.138. The first-order valence-electron chi connectivity index (χ1n) is 13.2. The lowest BCUT2D eigenvalue weighted by Crippen LogP contribution is -2.50. The van der Waals surface area contributed by atoms with Crippen molar-refractivity contribution in [3.63, 3.8) is 0 Å². The molecule has 198 valence electrons. The molecule has 0 aliphatic carbocycles. The van der Waals surface area contributed by atoms with Crippen LogP contribution in [0.5, 0.6) is 0 Å². The van der Waals surface area contributed by atoms with Crippen molar-refractivity contribution in [2.45, 2.75) is 87.0 Å². The van der Waals surface area contributed by atoms with Gasteiger partial charge in [0.1, 0.15) is 0 Å². The van der Waals surface area contributed by atoms with E-state index in [0.717, 1.165) is 58.3 Å². The number of rotatable bonds is 6. The fraction of sp³-hybridized carbons (Fsp3) is 0.889. The molecule has 34 heavy (non-hydrogen) atoms. The van der Waals surface area contributed by atoms with Crippen molar-refractivity contribution in [3.05, 3.63) is 0 Å². The first-order valence-corrected chi connectivity index (χ1v) is 13.2. The van der Waals surface area contributed by atoms with Gasteiger partial charge >= 0.3 is 0 Å². The molecule has 2 fully saturated rings. The summed E-state index contributed by atoms with van der Waals surface area (Å²) in [5, 5.41) is 0. The number of carbonyl (C=O) groups is 3. The fourth-order valence-electron chi connectivity index (χ4n) is 4.18. The summed E-state index contributed by atoms with van der Waals surface area (Å²) in [4.78, 5) is 43.0. The third kappa shape index (κ3) is 13.3. The molecule has 0 atom stereocenters. The molecule has 0 bridgehead atoms. The van der Waals surface area contributed by atoms with Gasteiger partial charge in [0.15, 0.2) is 0 Å². The van der Waals surface area contributed by atoms with E-state index >= 15 is 0 Å².